The molecule has 0 aliphatic carbocycles. The molecule has 1 rings (SSSR count). The number of alkyl halides is 3. The molecule has 3 nitrogen and oxygen atoms in total. The van der Waals surface area contributed by atoms with Crippen LogP contribution in [0, 0.1) is 0 Å². The third-order valence-electron chi connectivity index (χ3n) is 2.18. The Kier molecular flexibility index (Phi) is 5.33. The number of rotatable bonds is 4. The lowest BCUT2D eigenvalue weighted by atomic mass is 10.1. The van der Waals surface area contributed by atoms with Gasteiger partial charge in [0.1, 0.15) is 5.57 Å². The van der Waals surface area contributed by atoms with Crippen molar-refractivity contribution in [2.24, 2.45) is 0 Å². The van der Waals surface area contributed by atoms with Gasteiger partial charge in [-0.2, -0.15) is 13.2 Å². The zero-order chi connectivity index (χ0) is 15.3. The number of benzene rings is 1. The van der Waals surface area contributed by atoms with E-state index >= 15 is 0 Å². The smallest absolute Gasteiger partial charge is 0.455 e. The highest BCUT2D eigenvalue weighted by atomic mass is 35.5. The fourth-order valence-electron chi connectivity index (χ4n) is 1.30. The molecular formula is C13H10ClF3O3. The van der Waals surface area contributed by atoms with E-state index in [0.29, 0.717) is 5.02 Å². The molecule has 1 aromatic carbocycles. The van der Waals surface area contributed by atoms with Crippen LogP contribution in [0.5, 0.6) is 0 Å². The third-order valence-corrected chi connectivity index (χ3v) is 2.43. The standard InChI is InChI=1S/C13H10ClF3O3/c1-2-20-12(19)10(11(18)13(15,16)17)7-8-3-5-9(14)6-4-8/h3-7H,2H2,1H3/b10-7-. The fourth-order valence-corrected chi connectivity index (χ4v) is 1.43. The zero-order valence-electron chi connectivity index (χ0n) is 10.3. The summed E-state index contributed by atoms with van der Waals surface area (Å²) in [5, 5.41) is 0.377. The molecule has 0 spiro atoms. The van der Waals surface area contributed by atoms with Crippen LogP contribution in [0.2, 0.25) is 5.02 Å². The van der Waals surface area contributed by atoms with E-state index in [1.54, 1.807) is 0 Å². The Morgan fingerprint density at radius 2 is 1.80 bits per heavy atom. The normalized spacial score (nSPS) is 12.2. The number of esters is 1. The molecule has 1 aromatic rings. The molecule has 0 aromatic heterocycles. The molecule has 0 fully saturated rings. The highest BCUT2D eigenvalue weighted by Gasteiger charge is 2.43. The van der Waals surface area contributed by atoms with Crippen molar-refractivity contribution in [3.05, 3.63) is 40.4 Å². The minimum Gasteiger partial charge on any atom is -0.462 e. The van der Waals surface area contributed by atoms with E-state index in [1.165, 1.54) is 31.2 Å². The second-order valence-electron chi connectivity index (χ2n) is 3.66. The SMILES string of the molecule is CCOC(=O)/C(=C\c1ccc(Cl)cc1)C(=O)C(F)(F)F. The zero-order valence-corrected chi connectivity index (χ0v) is 11.1. The van der Waals surface area contributed by atoms with Gasteiger partial charge in [-0.25, -0.2) is 4.79 Å². The Morgan fingerprint density at radius 3 is 2.25 bits per heavy atom. The summed E-state index contributed by atoms with van der Waals surface area (Å²) in [6.45, 7) is 1.29. The summed E-state index contributed by atoms with van der Waals surface area (Å²) in [6, 6.07) is 5.61. The van der Waals surface area contributed by atoms with E-state index in [0.717, 1.165) is 6.08 Å². The molecule has 0 radical (unpaired) electrons. The van der Waals surface area contributed by atoms with Crippen LogP contribution in [0.4, 0.5) is 13.2 Å². The van der Waals surface area contributed by atoms with Gasteiger partial charge in [0.2, 0.25) is 0 Å². The Labute approximate surface area is 118 Å². The van der Waals surface area contributed by atoms with Gasteiger partial charge in [0, 0.05) is 5.02 Å². The Hall–Kier alpha value is -1.82. The number of carbonyl (C=O) groups excluding carboxylic acids is 2. The lowest BCUT2D eigenvalue weighted by Gasteiger charge is -2.09. The summed E-state index contributed by atoms with van der Waals surface area (Å²) < 4.78 is 41.8. The van der Waals surface area contributed by atoms with Gasteiger partial charge < -0.3 is 4.74 Å². The van der Waals surface area contributed by atoms with Crippen LogP contribution in [-0.4, -0.2) is 24.5 Å². The minimum absolute atomic E-state index is 0.137. The van der Waals surface area contributed by atoms with Crippen LogP contribution in [0.25, 0.3) is 6.08 Å². The number of ether oxygens (including phenoxy) is 1. The average Bonchev–Trinajstić information content (AvgIpc) is 2.36. The van der Waals surface area contributed by atoms with Crippen molar-refractivity contribution in [1.82, 2.24) is 0 Å². The Morgan fingerprint density at radius 1 is 1.25 bits per heavy atom. The monoisotopic (exact) mass is 306 g/mol. The van der Waals surface area contributed by atoms with Crippen LogP contribution in [-0.2, 0) is 14.3 Å². The molecule has 0 amide bonds. The molecular weight excluding hydrogens is 297 g/mol. The summed E-state index contributed by atoms with van der Waals surface area (Å²) in [6.07, 6.45) is -4.32. The van der Waals surface area contributed by atoms with Crippen LogP contribution in [0.15, 0.2) is 29.8 Å². The van der Waals surface area contributed by atoms with Crippen molar-refractivity contribution in [3.8, 4) is 0 Å². The van der Waals surface area contributed by atoms with Crippen LogP contribution in [0.3, 0.4) is 0 Å². The van der Waals surface area contributed by atoms with Crippen LogP contribution >= 0.6 is 11.6 Å². The third kappa shape index (κ3) is 4.38. The average molecular weight is 307 g/mol. The number of Topliss-reactive ketones (excluding diaryl/α,β-unsaturated/α-hetero) is 1. The fraction of sp³-hybridized carbons (Fsp3) is 0.231. The van der Waals surface area contributed by atoms with Crippen molar-refractivity contribution < 1.29 is 27.5 Å². The van der Waals surface area contributed by atoms with Crippen molar-refractivity contribution in [2.75, 3.05) is 6.61 Å². The highest BCUT2D eigenvalue weighted by molar-refractivity contribution is 6.30. The number of halogens is 4. The first-order valence-electron chi connectivity index (χ1n) is 5.51. The number of carbonyl (C=O) groups is 2. The molecule has 7 heteroatoms. The molecule has 0 heterocycles. The lowest BCUT2D eigenvalue weighted by Crippen LogP contribution is -2.29. The quantitative estimate of drug-likeness (QED) is 0.370. The predicted octanol–water partition coefficient (Wildman–Crippen LogP) is 3.42. The van der Waals surface area contributed by atoms with Gasteiger partial charge in [0.15, 0.2) is 0 Å². The highest BCUT2D eigenvalue weighted by Crippen LogP contribution is 2.23. The van der Waals surface area contributed by atoms with Gasteiger partial charge in [-0.05, 0) is 30.7 Å². The molecule has 0 saturated carbocycles. The molecule has 0 N–H and O–H groups in total. The molecule has 20 heavy (non-hydrogen) atoms. The van der Waals surface area contributed by atoms with Gasteiger partial charge in [-0.15, -0.1) is 0 Å². The summed E-state index contributed by atoms with van der Waals surface area (Å²) in [4.78, 5) is 22.7. The van der Waals surface area contributed by atoms with E-state index in [2.05, 4.69) is 4.74 Å². The van der Waals surface area contributed by atoms with Crippen molar-refractivity contribution in [3.63, 3.8) is 0 Å². The summed E-state index contributed by atoms with van der Waals surface area (Å²) in [5.74, 6) is -3.56. The van der Waals surface area contributed by atoms with E-state index in [1.807, 2.05) is 0 Å². The molecule has 0 atom stereocenters. The second-order valence-corrected chi connectivity index (χ2v) is 4.09. The van der Waals surface area contributed by atoms with Gasteiger partial charge in [-0.3, -0.25) is 4.79 Å². The number of hydrogen-bond acceptors (Lipinski definition) is 3. The first-order chi connectivity index (χ1) is 9.25. The van der Waals surface area contributed by atoms with E-state index in [9.17, 15) is 22.8 Å². The first-order valence-corrected chi connectivity index (χ1v) is 5.89. The van der Waals surface area contributed by atoms with Crippen LogP contribution in [0.1, 0.15) is 12.5 Å². The maximum absolute atomic E-state index is 12.4. The molecule has 0 bridgehead atoms. The number of hydrogen-bond donors (Lipinski definition) is 0. The minimum atomic E-state index is -5.15. The van der Waals surface area contributed by atoms with Crippen molar-refractivity contribution >= 4 is 29.4 Å². The predicted molar refractivity (Wildman–Crippen MR) is 67.1 cm³/mol. The topological polar surface area (TPSA) is 43.4 Å². The molecule has 0 aliphatic heterocycles. The second kappa shape index (κ2) is 6.56. The van der Waals surface area contributed by atoms with E-state index in [4.69, 9.17) is 11.6 Å². The van der Waals surface area contributed by atoms with Gasteiger partial charge in [0.25, 0.3) is 5.78 Å². The maximum Gasteiger partial charge on any atom is 0.455 e. The molecule has 0 unspecified atom stereocenters. The van der Waals surface area contributed by atoms with Crippen LogP contribution < -0.4 is 0 Å². The van der Waals surface area contributed by atoms with Gasteiger partial charge in [0.05, 0.1) is 6.61 Å². The Balaban J connectivity index is 3.20. The first kappa shape index (κ1) is 16.2. The molecule has 0 aliphatic rings. The van der Waals surface area contributed by atoms with Crippen molar-refractivity contribution in [2.45, 2.75) is 13.1 Å². The van der Waals surface area contributed by atoms with E-state index in [-0.39, 0.29) is 12.2 Å². The lowest BCUT2D eigenvalue weighted by molar-refractivity contribution is -0.168. The summed E-state index contributed by atoms with van der Waals surface area (Å²) in [5.41, 5.74) is -0.836. The van der Waals surface area contributed by atoms with Crippen molar-refractivity contribution in [1.29, 1.82) is 0 Å². The van der Waals surface area contributed by atoms with Gasteiger partial charge in [-0.1, -0.05) is 23.7 Å². The molecule has 108 valence electrons. The largest absolute Gasteiger partial charge is 0.462 e. The Bertz CT molecular complexity index is 533. The van der Waals surface area contributed by atoms with E-state index < -0.39 is 23.5 Å². The maximum atomic E-state index is 12.4. The molecule has 0 saturated heterocycles. The number of ketones is 1. The van der Waals surface area contributed by atoms with Gasteiger partial charge >= 0.3 is 12.1 Å². The summed E-state index contributed by atoms with van der Waals surface area (Å²) >= 11 is 5.64. The summed E-state index contributed by atoms with van der Waals surface area (Å²) in [7, 11) is 0.